The van der Waals surface area contributed by atoms with Crippen molar-refractivity contribution in [2.45, 2.75) is 27.2 Å². The highest BCUT2D eigenvalue weighted by Crippen LogP contribution is 2.35. The SMILES string of the molecule is Cc1ccccc1-c1cc(CC(C)C)c2cc3c(cc2n1)oc1ccccc13. The van der Waals surface area contributed by atoms with Gasteiger partial charge < -0.3 is 4.42 Å². The fourth-order valence-corrected chi connectivity index (χ4v) is 4.12. The van der Waals surface area contributed by atoms with Crippen molar-refractivity contribution >= 4 is 32.8 Å². The summed E-state index contributed by atoms with van der Waals surface area (Å²) in [5.41, 5.74) is 7.66. The molecule has 0 radical (unpaired) electrons. The summed E-state index contributed by atoms with van der Waals surface area (Å²) in [5.74, 6) is 0.576. The molecule has 0 spiro atoms. The van der Waals surface area contributed by atoms with Crippen LogP contribution in [0.1, 0.15) is 25.0 Å². The molecule has 0 aliphatic heterocycles. The normalized spacial score (nSPS) is 11.9. The standard InChI is InChI=1S/C26H23NO/c1-16(2)12-18-13-23(19-9-5-4-8-17(19)3)27-24-15-26-22(14-21(18)24)20-10-6-7-11-25(20)28-26/h4-11,13-16H,12H2,1-3H3. The molecule has 0 saturated carbocycles. The third-order valence-corrected chi connectivity index (χ3v) is 5.44. The number of benzene rings is 3. The van der Waals surface area contributed by atoms with Gasteiger partial charge >= 0.3 is 0 Å². The van der Waals surface area contributed by atoms with Crippen molar-refractivity contribution in [3.05, 3.63) is 77.9 Å². The monoisotopic (exact) mass is 365 g/mol. The Bertz CT molecular complexity index is 1330. The van der Waals surface area contributed by atoms with E-state index >= 15 is 0 Å². The molecule has 0 amide bonds. The van der Waals surface area contributed by atoms with Gasteiger partial charge in [0.15, 0.2) is 0 Å². The van der Waals surface area contributed by atoms with E-state index in [1.165, 1.54) is 27.5 Å². The lowest BCUT2D eigenvalue weighted by Crippen LogP contribution is -1.98. The molecule has 0 aliphatic carbocycles. The van der Waals surface area contributed by atoms with Crippen LogP contribution in [0.2, 0.25) is 0 Å². The van der Waals surface area contributed by atoms with E-state index in [-0.39, 0.29) is 0 Å². The molecule has 0 saturated heterocycles. The molecule has 0 aliphatic rings. The van der Waals surface area contributed by atoms with Crippen LogP contribution in [0.25, 0.3) is 44.1 Å². The molecule has 0 N–H and O–H groups in total. The maximum absolute atomic E-state index is 6.11. The lowest BCUT2D eigenvalue weighted by Gasteiger charge is -2.13. The molecular formula is C26H23NO. The lowest BCUT2D eigenvalue weighted by molar-refractivity contribution is 0.650. The Balaban J connectivity index is 1.84. The van der Waals surface area contributed by atoms with E-state index in [2.05, 4.69) is 75.4 Å². The number of furan rings is 1. The maximum Gasteiger partial charge on any atom is 0.137 e. The molecule has 2 heterocycles. The maximum atomic E-state index is 6.11. The van der Waals surface area contributed by atoms with Crippen LogP contribution in [-0.4, -0.2) is 4.98 Å². The van der Waals surface area contributed by atoms with Gasteiger partial charge in [-0.3, -0.25) is 0 Å². The van der Waals surface area contributed by atoms with Crippen molar-refractivity contribution in [2.75, 3.05) is 0 Å². The number of fused-ring (bicyclic) bond motifs is 4. The van der Waals surface area contributed by atoms with Crippen molar-refractivity contribution in [3.63, 3.8) is 0 Å². The second-order valence-corrected chi connectivity index (χ2v) is 8.04. The first-order valence-electron chi connectivity index (χ1n) is 9.91. The molecule has 138 valence electrons. The molecular weight excluding hydrogens is 342 g/mol. The summed E-state index contributed by atoms with van der Waals surface area (Å²) in [4.78, 5) is 5.03. The van der Waals surface area contributed by atoms with Gasteiger partial charge in [-0.15, -0.1) is 0 Å². The number of para-hydroxylation sites is 1. The molecule has 5 aromatic rings. The van der Waals surface area contributed by atoms with Gasteiger partial charge in [-0.25, -0.2) is 4.98 Å². The Morgan fingerprint density at radius 3 is 2.43 bits per heavy atom. The van der Waals surface area contributed by atoms with Gasteiger partial charge in [0, 0.05) is 27.8 Å². The lowest BCUT2D eigenvalue weighted by atomic mass is 9.95. The average Bonchev–Trinajstić information content (AvgIpc) is 3.04. The number of hydrogen-bond donors (Lipinski definition) is 0. The van der Waals surface area contributed by atoms with E-state index in [1.54, 1.807) is 0 Å². The minimum Gasteiger partial charge on any atom is -0.456 e. The van der Waals surface area contributed by atoms with Crippen molar-refractivity contribution in [3.8, 4) is 11.3 Å². The largest absolute Gasteiger partial charge is 0.456 e. The highest BCUT2D eigenvalue weighted by Gasteiger charge is 2.14. The Labute approximate surface area is 164 Å². The summed E-state index contributed by atoms with van der Waals surface area (Å²) in [5, 5.41) is 3.56. The molecule has 3 aromatic carbocycles. The smallest absolute Gasteiger partial charge is 0.137 e. The van der Waals surface area contributed by atoms with Crippen LogP contribution >= 0.6 is 0 Å². The minimum atomic E-state index is 0.576. The van der Waals surface area contributed by atoms with Crippen molar-refractivity contribution in [1.82, 2.24) is 4.98 Å². The minimum absolute atomic E-state index is 0.576. The van der Waals surface area contributed by atoms with Crippen molar-refractivity contribution in [2.24, 2.45) is 5.92 Å². The van der Waals surface area contributed by atoms with Crippen LogP contribution in [0.5, 0.6) is 0 Å². The number of aryl methyl sites for hydroxylation is 1. The highest BCUT2D eigenvalue weighted by atomic mass is 16.3. The van der Waals surface area contributed by atoms with Gasteiger partial charge in [0.2, 0.25) is 0 Å². The Morgan fingerprint density at radius 1 is 0.821 bits per heavy atom. The quantitative estimate of drug-likeness (QED) is 0.335. The van der Waals surface area contributed by atoms with E-state index in [9.17, 15) is 0 Å². The third-order valence-electron chi connectivity index (χ3n) is 5.44. The predicted molar refractivity (Wildman–Crippen MR) is 118 cm³/mol. The Hall–Kier alpha value is -3.13. The summed E-state index contributed by atoms with van der Waals surface area (Å²) in [7, 11) is 0. The zero-order valence-corrected chi connectivity index (χ0v) is 16.5. The molecule has 2 aromatic heterocycles. The molecule has 0 unspecified atom stereocenters. The number of nitrogens with zero attached hydrogens (tertiary/aromatic N) is 1. The zero-order valence-electron chi connectivity index (χ0n) is 16.5. The van der Waals surface area contributed by atoms with E-state index in [1.807, 2.05) is 12.1 Å². The van der Waals surface area contributed by atoms with Crippen LogP contribution < -0.4 is 0 Å². The van der Waals surface area contributed by atoms with Gasteiger partial charge in [0.05, 0.1) is 11.2 Å². The van der Waals surface area contributed by atoms with Crippen molar-refractivity contribution in [1.29, 1.82) is 0 Å². The first kappa shape index (κ1) is 17.0. The fourth-order valence-electron chi connectivity index (χ4n) is 4.12. The molecule has 0 fully saturated rings. The molecule has 2 heteroatoms. The summed E-state index contributed by atoms with van der Waals surface area (Å²) in [6.45, 7) is 6.68. The summed E-state index contributed by atoms with van der Waals surface area (Å²) >= 11 is 0. The molecule has 28 heavy (non-hydrogen) atoms. The predicted octanol–water partition coefficient (Wildman–Crippen LogP) is 7.31. The molecule has 0 bridgehead atoms. The number of pyridine rings is 1. The second-order valence-electron chi connectivity index (χ2n) is 8.04. The summed E-state index contributed by atoms with van der Waals surface area (Å²) in [6.07, 6.45) is 1.03. The van der Waals surface area contributed by atoms with Crippen LogP contribution in [0.4, 0.5) is 0 Å². The molecule has 5 rings (SSSR count). The number of hydrogen-bond acceptors (Lipinski definition) is 2. The van der Waals surface area contributed by atoms with Gasteiger partial charge in [0.25, 0.3) is 0 Å². The van der Waals surface area contributed by atoms with Crippen LogP contribution in [0.3, 0.4) is 0 Å². The number of aromatic nitrogens is 1. The van der Waals surface area contributed by atoms with Crippen LogP contribution in [-0.2, 0) is 6.42 Å². The topological polar surface area (TPSA) is 26.0 Å². The Morgan fingerprint density at radius 2 is 1.61 bits per heavy atom. The summed E-state index contributed by atoms with van der Waals surface area (Å²) in [6, 6.07) is 23.3. The first-order chi connectivity index (χ1) is 13.6. The highest BCUT2D eigenvalue weighted by molar-refractivity contribution is 6.10. The number of rotatable bonds is 3. The zero-order chi connectivity index (χ0) is 19.3. The molecule has 2 nitrogen and oxygen atoms in total. The van der Waals surface area contributed by atoms with Gasteiger partial charge in [-0.1, -0.05) is 56.3 Å². The van der Waals surface area contributed by atoms with Crippen LogP contribution in [0.15, 0.2) is 71.1 Å². The van der Waals surface area contributed by atoms with Gasteiger partial charge in [0.1, 0.15) is 11.2 Å². The van der Waals surface area contributed by atoms with Crippen LogP contribution in [0, 0.1) is 12.8 Å². The van der Waals surface area contributed by atoms with E-state index < -0.39 is 0 Å². The van der Waals surface area contributed by atoms with Gasteiger partial charge in [-0.2, -0.15) is 0 Å². The molecule has 0 atom stereocenters. The summed E-state index contributed by atoms with van der Waals surface area (Å²) < 4.78 is 6.11. The third kappa shape index (κ3) is 2.77. The van der Waals surface area contributed by atoms with E-state index in [4.69, 9.17) is 9.40 Å². The average molecular weight is 365 g/mol. The van der Waals surface area contributed by atoms with Crippen molar-refractivity contribution < 1.29 is 4.42 Å². The van der Waals surface area contributed by atoms with Gasteiger partial charge in [-0.05, 0) is 48.6 Å². The van der Waals surface area contributed by atoms with E-state index in [0.29, 0.717) is 5.92 Å². The second kappa shape index (κ2) is 6.49. The van der Waals surface area contributed by atoms with E-state index in [0.717, 1.165) is 34.2 Å². The first-order valence-corrected chi connectivity index (χ1v) is 9.91. The fraction of sp³-hybridized carbons (Fsp3) is 0.192. The Kier molecular flexibility index (Phi) is 3.94.